The van der Waals surface area contributed by atoms with Crippen molar-refractivity contribution in [1.29, 1.82) is 0 Å². The van der Waals surface area contributed by atoms with E-state index in [2.05, 4.69) is 9.71 Å². The van der Waals surface area contributed by atoms with E-state index in [9.17, 15) is 8.42 Å². The first kappa shape index (κ1) is 13.7. The lowest BCUT2D eigenvalue weighted by Crippen LogP contribution is -2.39. The first-order valence-electron chi connectivity index (χ1n) is 5.38. The molecule has 1 atom stereocenters. The van der Waals surface area contributed by atoms with Gasteiger partial charge in [0.05, 0.1) is 30.8 Å². The van der Waals surface area contributed by atoms with Gasteiger partial charge in [0.1, 0.15) is 5.15 Å². The number of hydrogen-bond donors (Lipinski definition) is 1. The molecule has 100 valence electrons. The zero-order chi connectivity index (χ0) is 13.0. The first-order chi connectivity index (χ1) is 8.58. The van der Waals surface area contributed by atoms with Crippen LogP contribution in [0.4, 0.5) is 0 Å². The van der Waals surface area contributed by atoms with E-state index in [0.29, 0.717) is 19.8 Å². The van der Waals surface area contributed by atoms with Crippen molar-refractivity contribution in [2.24, 2.45) is 0 Å². The van der Waals surface area contributed by atoms with E-state index >= 15 is 0 Å². The molecule has 1 saturated heterocycles. The second-order valence-corrected chi connectivity index (χ2v) is 5.89. The topological polar surface area (TPSA) is 77.5 Å². The van der Waals surface area contributed by atoms with Crippen molar-refractivity contribution in [3.8, 4) is 0 Å². The minimum absolute atomic E-state index is 0.0826. The fourth-order valence-corrected chi connectivity index (χ4v) is 2.81. The highest BCUT2D eigenvalue weighted by molar-refractivity contribution is 7.89. The van der Waals surface area contributed by atoms with Crippen LogP contribution in [0.2, 0.25) is 5.15 Å². The predicted octanol–water partition coefficient (Wildman–Crippen LogP) is 0.429. The molecule has 8 heteroatoms. The van der Waals surface area contributed by atoms with Crippen molar-refractivity contribution >= 4 is 21.6 Å². The summed E-state index contributed by atoms with van der Waals surface area (Å²) in [7, 11) is -3.59. The Morgan fingerprint density at radius 2 is 2.33 bits per heavy atom. The van der Waals surface area contributed by atoms with Crippen LogP contribution in [0.25, 0.3) is 0 Å². The molecule has 0 bridgehead atoms. The summed E-state index contributed by atoms with van der Waals surface area (Å²) in [4.78, 5) is 3.81. The minimum atomic E-state index is -3.59. The van der Waals surface area contributed by atoms with Gasteiger partial charge in [-0.1, -0.05) is 11.6 Å². The smallest absolute Gasteiger partial charge is 0.240 e. The van der Waals surface area contributed by atoms with Crippen molar-refractivity contribution < 1.29 is 17.9 Å². The van der Waals surface area contributed by atoms with Crippen molar-refractivity contribution in [3.63, 3.8) is 0 Å². The molecule has 1 aliphatic heterocycles. The van der Waals surface area contributed by atoms with Crippen LogP contribution in [0.1, 0.15) is 0 Å². The van der Waals surface area contributed by atoms with E-state index in [4.69, 9.17) is 21.1 Å². The van der Waals surface area contributed by atoms with Gasteiger partial charge in [0.25, 0.3) is 0 Å². The Hall–Kier alpha value is -0.730. The highest BCUT2D eigenvalue weighted by Crippen LogP contribution is 2.12. The molecule has 1 aliphatic rings. The molecular formula is C10H13ClN2O4S. The lowest BCUT2D eigenvalue weighted by atomic mass is 10.3. The predicted molar refractivity (Wildman–Crippen MR) is 65.0 cm³/mol. The third-order valence-electron chi connectivity index (χ3n) is 2.39. The van der Waals surface area contributed by atoms with Gasteiger partial charge in [0.2, 0.25) is 10.0 Å². The van der Waals surface area contributed by atoms with E-state index in [0.717, 1.165) is 0 Å². The van der Waals surface area contributed by atoms with Crippen molar-refractivity contribution in [3.05, 3.63) is 23.5 Å². The lowest BCUT2D eigenvalue weighted by molar-refractivity contribution is -0.0846. The minimum Gasteiger partial charge on any atom is -0.376 e. The number of nitrogens with one attached hydrogen (secondary N) is 1. The Labute approximate surface area is 110 Å². The molecule has 1 N–H and O–H groups in total. The largest absolute Gasteiger partial charge is 0.376 e. The average Bonchev–Trinajstić information content (AvgIpc) is 2.38. The first-order valence-corrected chi connectivity index (χ1v) is 7.24. The Kier molecular flexibility index (Phi) is 4.52. The number of rotatable bonds is 4. The van der Waals surface area contributed by atoms with Gasteiger partial charge in [-0.3, -0.25) is 0 Å². The van der Waals surface area contributed by atoms with Crippen LogP contribution >= 0.6 is 11.6 Å². The van der Waals surface area contributed by atoms with Crippen LogP contribution < -0.4 is 4.72 Å². The fraction of sp³-hybridized carbons (Fsp3) is 0.500. The molecule has 1 aromatic rings. The molecule has 1 unspecified atom stereocenters. The van der Waals surface area contributed by atoms with Crippen LogP contribution in [-0.4, -0.2) is 45.9 Å². The summed E-state index contributed by atoms with van der Waals surface area (Å²) in [5.74, 6) is 0. The molecule has 1 aromatic heterocycles. The fourth-order valence-electron chi connectivity index (χ4n) is 1.49. The SMILES string of the molecule is O=S(=O)(NCC1COCCO1)c1ccnc(Cl)c1. The Balaban J connectivity index is 1.98. The molecule has 0 aromatic carbocycles. The van der Waals surface area contributed by atoms with Crippen LogP contribution in [-0.2, 0) is 19.5 Å². The number of ether oxygens (including phenoxy) is 2. The Morgan fingerprint density at radius 3 is 3.00 bits per heavy atom. The number of aromatic nitrogens is 1. The summed E-state index contributed by atoms with van der Waals surface area (Å²) < 4.78 is 36.8. The van der Waals surface area contributed by atoms with Crippen LogP contribution in [0.5, 0.6) is 0 Å². The van der Waals surface area contributed by atoms with E-state index in [1.165, 1.54) is 18.3 Å². The molecule has 18 heavy (non-hydrogen) atoms. The molecule has 2 heterocycles. The molecule has 1 fully saturated rings. The molecular weight excluding hydrogens is 280 g/mol. The summed E-state index contributed by atoms with van der Waals surface area (Å²) in [5, 5.41) is 0.134. The van der Waals surface area contributed by atoms with Gasteiger partial charge in [0.15, 0.2) is 0 Å². The standard InChI is InChI=1S/C10H13ClN2O4S/c11-10-5-9(1-2-12-10)18(14,15)13-6-8-7-16-3-4-17-8/h1-2,5,8,13H,3-4,6-7H2. The van der Waals surface area contributed by atoms with E-state index in [1.54, 1.807) is 0 Å². The Morgan fingerprint density at radius 1 is 1.50 bits per heavy atom. The number of nitrogens with zero attached hydrogens (tertiary/aromatic N) is 1. The van der Waals surface area contributed by atoms with Gasteiger partial charge in [-0.2, -0.15) is 0 Å². The summed E-state index contributed by atoms with van der Waals surface area (Å²) in [6.07, 6.45) is 1.09. The lowest BCUT2D eigenvalue weighted by Gasteiger charge is -2.23. The van der Waals surface area contributed by atoms with Crippen molar-refractivity contribution in [1.82, 2.24) is 9.71 Å². The molecule has 0 saturated carbocycles. The maximum absolute atomic E-state index is 11.9. The number of halogens is 1. The number of hydrogen-bond acceptors (Lipinski definition) is 5. The van der Waals surface area contributed by atoms with Gasteiger partial charge in [0, 0.05) is 12.7 Å². The summed E-state index contributed by atoms with van der Waals surface area (Å²) in [6, 6.07) is 2.68. The normalized spacial score (nSPS) is 20.8. The van der Waals surface area contributed by atoms with Crippen LogP contribution in [0.15, 0.2) is 23.2 Å². The average molecular weight is 293 g/mol. The maximum atomic E-state index is 11.9. The molecule has 0 spiro atoms. The van der Waals surface area contributed by atoms with Gasteiger partial charge in [-0.15, -0.1) is 0 Å². The van der Waals surface area contributed by atoms with E-state index in [-0.39, 0.29) is 22.7 Å². The zero-order valence-electron chi connectivity index (χ0n) is 9.50. The molecule has 2 rings (SSSR count). The highest BCUT2D eigenvalue weighted by Gasteiger charge is 2.19. The monoisotopic (exact) mass is 292 g/mol. The summed E-state index contributed by atoms with van der Waals surface area (Å²) >= 11 is 5.65. The molecule has 0 aliphatic carbocycles. The highest BCUT2D eigenvalue weighted by atomic mass is 35.5. The molecule has 0 amide bonds. The Bertz CT molecular complexity index is 502. The van der Waals surface area contributed by atoms with E-state index in [1.807, 2.05) is 0 Å². The van der Waals surface area contributed by atoms with Gasteiger partial charge in [-0.05, 0) is 12.1 Å². The molecule has 6 nitrogen and oxygen atoms in total. The second-order valence-electron chi connectivity index (χ2n) is 3.73. The maximum Gasteiger partial charge on any atom is 0.240 e. The van der Waals surface area contributed by atoms with Crippen molar-refractivity contribution in [2.75, 3.05) is 26.4 Å². The molecule has 0 radical (unpaired) electrons. The van der Waals surface area contributed by atoms with E-state index < -0.39 is 10.0 Å². The third-order valence-corrected chi connectivity index (χ3v) is 4.02. The zero-order valence-corrected chi connectivity index (χ0v) is 11.1. The summed E-state index contributed by atoms with van der Waals surface area (Å²) in [5.41, 5.74) is 0. The van der Waals surface area contributed by atoms with Gasteiger partial charge < -0.3 is 9.47 Å². The van der Waals surface area contributed by atoms with Crippen molar-refractivity contribution in [2.45, 2.75) is 11.0 Å². The second kappa shape index (κ2) is 5.94. The summed E-state index contributed by atoms with van der Waals surface area (Å²) in [6.45, 7) is 1.58. The van der Waals surface area contributed by atoms with Crippen LogP contribution in [0.3, 0.4) is 0 Å². The number of pyridine rings is 1. The quantitative estimate of drug-likeness (QED) is 0.814. The van der Waals surface area contributed by atoms with Gasteiger partial charge in [-0.25, -0.2) is 18.1 Å². The third kappa shape index (κ3) is 3.63. The van der Waals surface area contributed by atoms with Gasteiger partial charge >= 0.3 is 0 Å². The van der Waals surface area contributed by atoms with Crippen LogP contribution in [0, 0.1) is 0 Å². The number of sulfonamides is 1.